The number of aromatic carboxylic acids is 3. The summed E-state index contributed by atoms with van der Waals surface area (Å²) in [7, 11) is 0. The highest BCUT2D eigenvalue weighted by atomic mass is 16.4. The molecule has 0 fully saturated rings. The van der Waals surface area contributed by atoms with Gasteiger partial charge >= 0.3 is 17.9 Å². The highest BCUT2D eigenvalue weighted by Crippen LogP contribution is 2.12. The fourth-order valence-corrected chi connectivity index (χ4v) is 1.83. The van der Waals surface area contributed by atoms with Crippen molar-refractivity contribution in [1.29, 1.82) is 5.26 Å². The molecule has 0 aliphatic carbocycles. The molecule has 0 aliphatic rings. The molecule has 1 aromatic carbocycles. The third-order valence-corrected chi connectivity index (χ3v) is 2.99. The molecule has 0 spiro atoms. The van der Waals surface area contributed by atoms with Gasteiger partial charge in [-0.25, -0.2) is 19.4 Å². The molecule has 0 aliphatic heterocycles. The van der Waals surface area contributed by atoms with E-state index >= 15 is 0 Å². The Kier molecular flexibility index (Phi) is 6.84. The third-order valence-electron chi connectivity index (χ3n) is 2.99. The summed E-state index contributed by atoms with van der Waals surface area (Å²) in [6.07, 6.45) is 3.10. The first-order chi connectivity index (χ1) is 11.8. The van der Waals surface area contributed by atoms with E-state index in [4.69, 9.17) is 20.6 Å². The number of H-pyrrole nitrogens is 1. The normalized spacial score (nSPS) is 9.44. The molecule has 0 saturated carbocycles. The molecule has 0 radical (unpaired) electrons. The number of nitrogens with zero attached hydrogens (tertiary/aromatic N) is 2. The smallest absolute Gasteiger partial charge is 0.336 e. The van der Waals surface area contributed by atoms with Crippen molar-refractivity contribution in [1.82, 2.24) is 9.97 Å². The van der Waals surface area contributed by atoms with Crippen molar-refractivity contribution in [2.45, 2.75) is 19.8 Å². The largest absolute Gasteiger partial charge is 0.478 e. The molecule has 0 amide bonds. The molecule has 9 heteroatoms. The maximum Gasteiger partial charge on any atom is 0.336 e. The van der Waals surface area contributed by atoms with Crippen LogP contribution in [0.5, 0.6) is 0 Å². The molecule has 2 aromatic rings. The van der Waals surface area contributed by atoms with Gasteiger partial charge in [0.2, 0.25) is 0 Å². The van der Waals surface area contributed by atoms with Gasteiger partial charge in [0.15, 0.2) is 0 Å². The van der Waals surface area contributed by atoms with Crippen LogP contribution in [0.4, 0.5) is 0 Å². The van der Waals surface area contributed by atoms with Gasteiger partial charge in [-0.3, -0.25) is 0 Å². The molecular weight excluding hydrogens is 330 g/mol. The maximum absolute atomic E-state index is 10.6. The van der Waals surface area contributed by atoms with Crippen LogP contribution in [0.3, 0.4) is 0 Å². The lowest BCUT2D eigenvalue weighted by Gasteiger charge is -2.02. The molecule has 1 heterocycles. The minimum Gasteiger partial charge on any atom is -0.478 e. The first-order valence-corrected chi connectivity index (χ1v) is 6.97. The van der Waals surface area contributed by atoms with Gasteiger partial charge in [0, 0.05) is 24.7 Å². The molecule has 4 N–H and O–H groups in total. The summed E-state index contributed by atoms with van der Waals surface area (Å²) in [6, 6.07) is 4.88. The fourth-order valence-electron chi connectivity index (χ4n) is 1.83. The zero-order chi connectivity index (χ0) is 19.0. The number of aryl methyl sites for hydroxylation is 2. The van der Waals surface area contributed by atoms with Crippen LogP contribution in [0.15, 0.2) is 24.4 Å². The molecule has 0 unspecified atom stereocenters. The number of hydrogen-bond acceptors (Lipinski definition) is 5. The van der Waals surface area contributed by atoms with E-state index < -0.39 is 29.0 Å². The zero-order valence-corrected chi connectivity index (χ0v) is 13.2. The van der Waals surface area contributed by atoms with Crippen LogP contribution in [0.2, 0.25) is 0 Å². The third kappa shape index (κ3) is 5.80. The molecule has 25 heavy (non-hydrogen) atoms. The van der Waals surface area contributed by atoms with Crippen molar-refractivity contribution < 1.29 is 29.7 Å². The lowest BCUT2D eigenvalue weighted by atomic mass is 10.0. The number of rotatable bonds is 5. The summed E-state index contributed by atoms with van der Waals surface area (Å²) in [5.74, 6) is -3.29. The molecule has 1 aromatic heterocycles. The van der Waals surface area contributed by atoms with Gasteiger partial charge in [-0.15, -0.1) is 0 Å². The van der Waals surface area contributed by atoms with E-state index in [2.05, 4.69) is 16.0 Å². The van der Waals surface area contributed by atoms with Crippen molar-refractivity contribution in [2.24, 2.45) is 0 Å². The van der Waals surface area contributed by atoms with E-state index in [1.807, 2.05) is 6.92 Å². The summed E-state index contributed by atoms with van der Waals surface area (Å²) in [6.45, 7) is 1.90. The van der Waals surface area contributed by atoms with Gasteiger partial charge in [-0.2, -0.15) is 5.26 Å². The summed E-state index contributed by atoms with van der Waals surface area (Å²) < 4.78 is 0. The van der Waals surface area contributed by atoms with Crippen molar-refractivity contribution in [3.63, 3.8) is 0 Å². The Hall–Kier alpha value is -3.67. The summed E-state index contributed by atoms with van der Waals surface area (Å²) in [5.41, 5.74) is -0.202. The van der Waals surface area contributed by atoms with Gasteiger partial charge in [0.05, 0.1) is 22.8 Å². The van der Waals surface area contributed by atoms with Crippen LogP contribution in [0.25, 0.3) is 0 Å². The van der Waals surface area contributed by atoms with Gasteiger partial charge in [0.25, 0.3) is 0 Å². The average Bonchev–Trinajstić information content (AvgIpc) is 2.98. The van der Waals surface area contributed by atoms with E-state index in [1.54, 1.807) is 6.20 Å². The standard InChI is InChI=1S/C9H6O6.C7H9N3/c10-7(11)4-1-2-5(8(12)13)6(3-4)9(14)15;1-6-9-5-7(10-6)3-2-4-8/h1-3H,(H,10,11)(H,12,13)(H,14,15);5H,2-3H2,1H3,(H,9,10). The topological polar surface area (TPSA) is 164 Å². The lowest BCUT2D eigenvalue weighted by Crippen LogP contribution is -2.10. The minimum absolute atomic E-state index is 0.266. The number of carboxylic acid groups (broad SMARTS) is 3. The zero-order valence-electron chi connectivity index (χ0n) is 13.2. The molecular formula is C16H15N3O6. The van der Waals surface area contributed by atoms with Crippen molar-refractivity contribution in [2.75, 3.05) is 0 Å². The SMILES string of the molecule is Cc1ncc(CCC#N)[nH]1.O=C(O)c1ccc(C(=O)O)c(C(=O)O)c1. The van der Waals surface area contributed by atoms with Crippen LogP contribution in [-0.2, 0) is 6.42 Å². The Bertz CT molecular complexity index is 835. The molecule has 9 nitrogen and oxygen atoms in total. The molecule has 0 saturated heterocycles. The number of benzene rings is 1. The number of carboxylic acids is 3. The quantitative estimate of drug-likeness (QED) is 0.638. The number of imidazole rings is 1. The van der Waals surface area contributed by atoms with Gasteiger partial charge < -0.3 is 20.3 Å². The van der Waals surface area contributed by atoms with Crippen molar-refractivity contribution >= 4 is 17.9 Å². The van der Waals surface area contributed by atoms with E-state index in [1.165, 1.54) is 0 Å². The number of carbonyl (C=O) groups is 3. The Morgan fingerprint density at radius 3 is 2.20 bits per heavy atom. The van der Waals surface area contributed by atoms with Crippen LogP contribution < -0.4 is 0 Å². The van der Waals surface area contributed by atoms with Gasteiger partial charge in [0.1, 0.15) is 5.82 Å². The van der Waals surface area contributed by atoms with Crippen molar-refractivity contribution in [3.05, 3.63) is 52.6 Å². The Morgan fingerprint density at radius 2 is 1.76 bits per heavy atom. The summed E-state index contributed by atoms with van der Waals surface area (Å²) in [4.78, 5) is 38.8. The maximum atomic E-state index is 10.6. The fraction of sp³-hybridized carbons (Fsp3) is 0.188. The number of aromatic nitrogens is 2. The van der Waals surface area contributed by atoms with Crippen LogP contribution in [-0.4, -0.2) is 43.2 Å². The molecule has 0 atom stereocenters. The molecule has 130 valence electrons. The van der Waals surface area contributed by atoms with E-state index in [9.17, 15) is 14.4 Å². The Balaban J connectivity index is 0.000000271. The minimum atomic E-state index is -1.48. The van der Waals surface area contributed by atoms with Gasteiger partial charge in [-0.1, -0.05) is 0 Å². The highest BCUT2D eigenvalue weighted by molar-refractivity contribution is 6.03. The highest BCUT2D eigenvalue weighted by Gasteiger charge is 2.17. The van der Waals surface area contributed by atoms with E-state index in [0.29, 0.717) is 6.42 Å². The number of nitriles is 1. The summed E-state index contributed by atoms with van der Waals surface area (Å²) in [5, 5.41) is 34.1. The second kappa shape index (κ2) is 8.83. The Morgan fingerprint density at radius 1 is 1.12 bits per heavy atom. The van der Waals surface area contributed by atoms with Crippen LogP contribution in [0.1, 0.15) is 49.0 Å². The Labute approximate surface area is 142 Å². The second-order valence-corrected chi connectivity index (χ2v) is 4.83. The molecule has 2 rings (SSSR count). The number of hydrogen-bond donors (Lipinski definition) is 4. The molecule has 0 bridgehead atoms. The predicted octanol–water partition coefficient (Wildman–Crippen LogP) is 1.96. The van der Waals surface area contributed by atoms with Gasteiger partial charge in [-0.05, 0) is 25.1 Å². The predicted molar refractivity (Wildman–Crippen MR) is 84.6 cm³/mol. The number of aromatic amines is 1. The average molecular weight is 345 g/mol. The number of nitrogens with one attached hydrogen (secondary N) is 1. The van der Waals surface area contributed by atoms with E-state index in [-0.39, 0.29) is 5.56 Å². The van der Waals surface area contributed by atoms with Crippen LogP contribution in [0, 0.1) is 18.3 Å². The first-order valence-electron chi connectivity index (χ1n) is 6.97. The monoisotopic (exact) mass is 345 g/mol. The second-order valence-electron chi connectivity index (χ2n) is 4.83. The van der Waals surface area contributed by atoms with Crippen LogP contribution >= 0.6 is 0 Å². The summed E-state index contributed by atoms with van der Waals surface area (Å²) >= 11 is 0. The first kappa shape index (κ1) is 19.4. The lowest BCUT2D eigenvalue weighted by molar-refractivity contribution is 0.0649. The van der Waals surface area contributed by atoms with Crippen molar-refractivity contribution in [3.8, 4) is 6.07 Å². The van der Waals surface area contributed by atoms with E-state index in [0.717, 1.165) is 36.1 Å².